The highest BCUT2D eigenvalue weighted by Gasteiger charge is 2.13. The van der Waals surface area contributed by atoms with E-state index in [9.17, 15) is 4.79 Å². The summed E-state index contributed by atoms with van der Waals surface area (Å²) in [6.45, 7) is 6.41. The van der Waals surface area contributed by atoms with Crippen LogP contribution >= 0.6 is 0 Å². The van der Waals surface area contributed by atoms with Crippen LogP contribution in [0.15, 0.2) is 0 Å². The molecular formula is C9H17N3O. The van der Waals surface area contributed by atoms with Crippen LogP contribution in [-0.2, 0) is 0 Å². The first-order valence-electron chi connectivity index (χ1n) is 4.55. The molecule has 0 fully saturated rings. The number of rotatable bonds is 4. The fraction of sp³-hybridized carbons (Fsp3) is 0.778. The van der Waals surface area contributed by atoms with Crippen molar-refractivity contribution in [3.63, 3.8) is 0 Å². The molecule has 0 radical (unpaired) electrons. The molecular weight excluding hydrogens is 166 g/mol. The van der Waals surface area contributed by atoms with E-state index >= 15 is 0 Å². The lowest BCUT2D eigenvalue weighted by Crippen LogP contribution is -2.43. The SMILES string of the molecule is CCCNC(=O)NC(C#N)C(C)C. The summed E-state index contributed by atoms with van der Waals surface area (Å²) in [6.07, 6.45) is 0.895. The fourth-order valence-electron chi connectivity index (χ4n) is 0.779. The van der Waals surface area contributed by atoms with Crippen molar-refractivity contribution in [3.05, 3.63) is 0 Å². The van der Waals surface area contributed by atoms with E-state index in [4.69, 9.17) is 5.26 Å². The molecule has 0 aliphatic carbocycles. The topological polar surface area (TPSA) is 64.9 Å². The summed E-state index contributed by atoms with van der Waals surface area (Å²) in [5.74, 6) is 0.136. The Hall–Kier alpha value is -1.24. The van der Waals surface area contributed by atoms with Crippen LogP contribution in [0.25, 0.3) is 0 Å². The van der Waals surface area contributed by atoms with Gasteiger partial charge in [-0.2, -0.15) is 5.26 Å². The van der Waals surface area contributed by atoms with E-state index in [-0.39, 0.29) is 11.9 Å². The van der Waals surface area contributed by atoms with Gasteiger partial charge in [0.15, 0.2) is 0 Å². The minimum absolute atomic E-state index is 0.136. The van der Waals surface area contributed by atoms with Crippen molar-refractivity contribution < 1.29 is 4.79 Å². The summed E-state index contributed by atoms with van der Waals surface area (Å²) in [7, 11) is 0. The molecule has 0 aliphatic heterocycles. The molecule has 1 unspecified atom stereocenters. The van der Waals surface area contributed by atoms with Crippen molar-refractivity contribution in [1.82, 2.24) is 10.6 Å². The van der Waals surface area contributed by atoms with Gasteiger partial charge in [-0.25, -0.2) is 4.79 Å². The van der Waals surface area contributed by atoms with E-state index in [1.54, 1.807) is 0 Å². The summed E-state index contributed by atoms with van der Waals surface area (Å²) < 4.78 is 0. The van der Waals surface area contributed by atoms with Gasteiger partial charge in [-0.3, -0.25) is 0 Å². The number of nitrogens with zero attached hydrogens (tertiary/aromatic N) is 1. The second-order valence-corrected chi connectivity index (χ2v) is 3.25. The lowest BCUT2D eigenvalue weighted by atomic mass is 10.1. The summed E-state index contributed by atoms with van der Waals surface area (Å²) in [4.78, 5) is 11.1. The van der Waals surface area contributed by atoms with Crippen LogP contribution in [0.3, 0.4) is 0 Å². The van der Waals surface area contributed by atoms with Crippen molar-refractivity contribution in [2.24, 2.45) is 5.92 Å². The monoisotopic (exact) mass is 183 g/mol. The molecule has 0 aliphatic rings. The van der Waals surface area contributed by atoms with Crippen LogP contribution in [0.1, 0.15) is 27.2 Å². The maximum Gasteiger partial charge on any atom is 0.315 e. The molecule has 74 valence electrons. The molecule has 2 N–H and O–H groups in total. The highest BCUT2D eigenvalue weighted by atomic mass is 16.2. The molecule has 4 heteroatoms. The van der Waals surface area contributed by atoms with Crippen LogP contribution in [0.2, 0.25) is 0 Å². The van der Waals surface area contributed by atoms with Crippen molar-refractivity contribution in [2.45, 2.75) is 33.2 Å². The molecule has 0 heterocycles. The van der Waals surface area contributed by atoms with Crippen LogP contribution in [-0.4, -0.2) is 18.6 Å². The van der Waals surface area contributed by atoms with E-state index in [0.717, 1.165) is 6.42 Å². The summed E-state index contributed by atoms with van der Waals surface area (Å²) in [5.41, 5.74) is 0. The zero-order valence-corrected chi connectivity index (χ0v) is 8.42. The fourth-order valence-corrected chi connectivity index (χ4v) is 0.779. The van der Waals surface area contributed by atoms with Gasteiger partial charge in [0.1, 0.15) is 6.04 Å². The highest BCUT2D eigenvalue weighted by Crippen LogP contribution is 1.98. The molecule has 4 nitrogen and oxygen atoms in total. The van der Waals surface area contributed by atoms with Crippen molar-refractivity contribution in [2.75, 3.05) is 6.54 Å². The lowest BCUT2D eigenvalue weighted by molar-refractivity contribution is 0.236. The molecule has 2 amide bonds. The minimum Gasteiger partial charge on any atom is -0.338 e. The van der Waals surface area contributed by atoms with E-state index < -0.39 is 6.04 Å². The predicted octanol–water partition coefficient (Wildman–Crippen LogP) is 1.24. The molecule has 0 aromatic carbocycles. The van der Waals surface area contributed by atoms with E-state index in [1.165, 1.54) is 0 Å². The van der Waals surface area contributed by atoms with Gasteiger partial charge in [0, 0.05) is 6.54 Å². The van der Waals surface area contributed by atoms with Crippen LogP contribution in [0.5, 0.6) is 0 Å². The van der Waals surface area contributed by atoms with Gasteiger partial charge >= 0.3 is 6.03 Å². The number of nitrogens with one attached hydrogen (secondary N) is 2. The maximum absolute atomic E-state index is 11.1. The van der Waals surface area contributed by atoms with Gasteiger partial charge in [0.2, 0.25) is 0 Å². The lowest BCUT2D eigenvalue weighted by Gasteiger charge is -2.14. The van der Waals surface area contributed by atoms with Crippen LogP contribution in [0.4, 0.5) is 4.79 Å². The van der Waals surface area contributed by atoms with Crippen molar-refractivity contribution in [3.8, 4) is 6.07 Å². The van der Waals surface area contributed by atoms with Crippen LogP contribution < -0.4 is 10.6 Å². The predicted molar refractivity (Wildman–Crippen MR) is 51.1 cm³/mol. The Labute approximate surface area is 79.3 Å². The molecule has 0 bridgehead atoms. The minimum atomic E-state index is -0.406. The second-order valence-electron chi connectivity index (χ2n) is 3.25. The number of hydrogen-bond donors (Lipinski definition) is 2. The molecule has 0 rings (SSSR count). The second kappa shape index (κ2) is 6.30. The van der Waals surface area contributed by atoms with Gasteiger partial charge in [0.05, 0.1) is 6.07 Å². The van der Waals surface area contributed by atoms with Crippen LogP contribution in [0, 0.1) is 17.2 Å². The molecule has 0 aromatic heterocycles. The summed E-state index contributed by atoms with van der Waals surface area (Å²) >= 11 is 0. The largest absolute Gasteiger partial charge is 0.338 e. The zero-order chi connectivity index (χ0) is 10.3. The Bertz CT molecular complexity index is 196. The Kier molecular flexibility index (Phi) is 5.69. The maximum atomic E-state index is 11.1. The van der Waals surface area contributed by atoms with E-state index in [1.807, 2.05) is 26.8 Å². The smallest absolute Gasteiger partial charge is 0.315 e. The average Bonchev–Trinajstić information content (AvgIpc) is 2.10. The Balaban J connectivity index is 3.82. The van der Waals surface area contributed by atoms with Gasteiger partial charge in [-0.15, -0.1) is 0 Å². The van der Waals surface area contributed by atoms with E-state index in [0.29, 0.717) is 6.54 Å². The molecule has 0 saturated heterocycles. The molecule has 13 heavy (non-hydrogen) atoms. The number of carbonyl (C=O) groups excluding carboxylic acids is 1. The van der Waals surface area contributed by atoms with Gasteiger partial charge < -0.3 is 10.6 Å². The number of amides is 2. The first-order valence-corrected chi connectivity index (χ1v) is 4.55. The Morgan fingerprint density at radius 3 is 2.54 bits per heavy atom. The van der Waals surface area contributed by atoms with Gasteiger partial charge in [-0.05, 0) is 12.3 Å². The van der Waals surface area contributed by atoms with Crippen molar-refractivity contribution >= 4 is 6.03 Å². The summed E-state index contributed by atoms with van der Waals surface area (Å²) in [5, 5.41) is 13.9. The molecule has 0 spiro atoms. The average molecular weight is 183 g/mol. The van der Waals surface area contributed by atoms with E-state index in [2.05, 4.69) is 10.6 Å². The number of carbonyl (C=O) groups is 1. The third-order valence-corrected chi connectivity index (χ3v) is 1.63. The quantitative estimate of drug-likeness (QED) is 0.688. The highest BCUT2D eigenvalue weighted by molar-refractivity contribution is 5.74. The number of urea groups is 1. The van der Waals surface area contributed by atoms with Gasteiger partial charge in [-0.1, -0.05) is 20.8 Å². The zero-order valence-electron chi connectivity index (χ0n) is 8.42. The normalized spacial score (nSPS) is 11.9. The Morgan fingerprint density at radius 1 is 1.54 bits per heavy atom. The van der Waals surface area contributed by atoms with Gasteiger partial charge in [0.25, 0.3) is 0 Å². The molecule has 1 atom stereocenters. The number of nitriles is 1. The Morgan fingerprint density at radius 2 is 2.15 bits per heavy atom. The molecule has 0 saturated carbocycles. The first kappa shape index (κ1) is 11.8. The third kappa shape index (κ3) is 5.07. The first-order chi connectivity index (χ1) is 6.11. The molecule has 0 aromatic rings. The summed E-state index contributed by atoms with van der Waals surface area (Å²) in [6, 6.07) is 1.37. The standard InChI is InChI=1S/C9H17N3O/c1-4-5-11-9(13)12-8(6-10)7(2)3/h7-8H,4-5H2,1-3H3,(H2,11,12,13). The van der Waals surface area contributed by atoms with Crippen molar-refractivity contribution in [1.29, 1.82) is 5.26 Å². The third-order valence-electron chi connectivity index (χ3n) is 1.63. The number of hydrogen-bond acceptors (Lipinski definition) is 2.